The van der Waals surface area contributed by atoms with Crippen molar-refractivity contribution in [1.29, 1.82) is 0 Å². The van der Waals surface area contributed by atoms with Crippen molar-refractivity contribution in [2.45, 2.75) is 20.0 Å². The molecule has 5 nitrogen and oxygen atoms in total. The van der Waals surface area contributed by atoms with E-state index < -0.39 is 0 Å². The Morgan fingerprint density at radius 1 is 1.09 bits per heavy atom. The molecule has 0 radical (unpaired) electrons. The molecule has 0 aliphatic rings. The second-order valence-corrected chi connectivity index (χ2v) is 4.90. The minimum Gasteiger partial charge on any atom is -0.497 e. The first kappa shape index (κ1) is 15.8. The lowest BCUT2D eigenvalue weighted by Crippen LogP contribution is -2.36. The zero-order valence-corrected chi connectivity index (χ0v) is 13.3. The van der Waals surface area contributed by atoms with Crippen LogP contribution in [0.1, 0.15) is 17.0 Å². The molecular formula is C17H22N4O. The van der Waals surface area contributed by atoms with Gasteiger partial charge in [-0.2, -0.15) is 0 Å². The Morgan fingerprint density at radius 2 is 1.82 bits per heavy atom. The molecule has 0 aliphatic carbocycles. The number of nitrogens with one attached hydrogen (secondary N) is 2. The van der Waals surface area contributed by atoms with Crippen molar-refractivity contribution in [3.05, 3.63) is 59.4 Å². The fourth-order valence-electron chi connectivity index (χ4n) is 2.02. The normalized spacial score (nSPS) is 11.1. The van der Waals surface area contributed by atoms with Crippen molar-refractivity contribution in [2.24, 2.45) is 4.99 Å². The summed E-state index contributed by atoms with van der Waals surface area (Å²) in [6.45, 7) is 3.33. The van der Waals surface area contributed by atoms with Crippen LogP contribution < -0.4 is 15.4 Å². The standard InChI is InChI=1S/C17H22N4O/c1-13-5-4-6-15(21-13)12-20-17(18-2)19-11-14-7-9-16(22-3)10-8-14/h4-10H,11-12H2,1-3H3,(H2,18,19,20). The van der Waals surface area contributed by atoms with Gasteiger partial charge in [0.25, 0.3) is 0 Å². The van der Waals surface area contributed by atoms with Crippen LogP contribution in [0.25, 0.3) is 0 Å². The van der Waals surface area contributed by atoms with Gasteiger partial charge in [-0.25, -0.2) is 0 Å². The Hall–Kier alpha value is -2.56. The molecular weight excluding hydrogens is 276 g/mol. The van der Waals surface area contributed by atoms with Crippen LogP contribution in [0.3, 0.4) is 0 Å². The Morgan fingerprint density at radius 3 is 2.45 bits per heavy atom. The highest BCUT2D eigenvalue weighted by atomic mass is 16.5. The van der Waals surface area contributed by atoms with E-state index in [9.17, 15) is 0 Å². The molecule has 116 valence electrons. The summed E-state index contributed by atoms with van der Waals surface area (Å²) in [6, 6.07) is 13.9. The number of aromatic nitrogens is 1. The van der Waals surface area contributed by atoms with Crippen molar-refractivity contribution in [2.75, 3.05) is 14.2 Å². The van der Waals surface area contributed by atoms with E-state index in [0.717, 1.165) is 28.7 Å². The maximum Gasteiger partial charge on any atom is 0.191 e. The van der Waals surface area contributed by atoms with Gasteiger partial charge in [-0.05, 0) is 36.8 Å². The Labute approximate surface area is 131 Å². The first-order valence-electron chi connectivity index (χ1n) is 7.21. The average Bonchev–Trinajstić information content (AvgIpc) is 2.55. The summed E-state index contributed by atoms with van der Waals surface area (Å²) in [6.07, 6.45) is 0. The molecule has 2 rings (SSSR count). The molecule has 0 spiro atoms. The molecule has 0 atom stereocenters. The van der Waals surface area contributed by atoms with Gasteiger partial charge in [0.05, 0.1) is 19.3 Å². The number of aliphatic imine (C=N–C) groups is 1. The van der Waals surface area contributed by atoms with Gasteiger partial charge in [0.1, 0.15) is 5.75 Å². The summed E-state index contributed by atoms with van der Waals surface area (Å²) in [4.78, 5) is 8.67. The smallest absolute Gasteiger partial charge is 0.191 e. The van der Waals surface area contributed by atoms with Gasteiger partial charge in [0.2, 0.25) is 0 Å². The van der Waals surface area contributed by atoms with Gasteiger partial charge in [-0.15, -0.1) is 0 Å². The van der Waals surface area contributed by atoms with E-state index in [1.54, 1.807) is 14.2 Å². The van der Waals surface area contributed by atoms with Crippen molar-refractivity contribution in [3.63, 3.8) is 0 Å². The molecule has 2 aromatic rings. The predicted octanol–water partition coefficient (Wildman–Crippen LogP) is 2.26. The molecule has 5 heteroatoms. The number of aryl methyl sites for hydroxylation is 1. The Balaban J connectivity index is 1.84. The fraction of sp³-hybridized carbons (Fsp3) is 0.294. The van der Waals surface area contributed by atoms with Crippen molar-refractivity contribution in [3.8, 4) is 5.75 Å². The summed E-state index contributed by atoms with van der Waals surface area (Å²) < 4.78 is 5.15. The number of nitrogens with zero attached hydrogens (tertiary/aromatic N) is 2. The van der Waals surface area contributed by atoms with E-state index >= 15 is 0 Å². The van der Waals surface area contributed by atoms with Gasteiger partial charge in [-0.1, -0.05) is 18.2 Å². The molecule has 22 heavy (non-hydrogen) atoms. The van der Waals surface area contributed by atoms with E-state index in [2.05, 4.69) is 20.6 Å². The molecule has 0 unspecified atom stereocenters. The number of hydrogen-bond donors (Lipinski definition) is 2. The molecule has 0 bridgehead atoms. The molecule has 1 aromatic carbocycles. The molecule has 0 aliphatic heterocycles. The van der Waals surface area contributed by atoms with Crippen molar-refractivity contribution < 1.29 is 4.74 Å². The highest BCUT2D eigenvalue weighted by Crippen LogP contribution is 2.10. The summed E-state index contributed by atoms with van der Waals surface area (Å²) in [5.41, 5.74) is 3.17. The van der Waals surface area contributed by atoms with Crippen molar-refractivity contribution in [1.82, 2.24) is 15.6 Å². The summed E-state index contributed by atoms with van der Waals surface area (Å²) in [5, 5.41) is 6.54. The third-order valence-electron chi connectivity index (χ3n) is 3.23. The van der Waals surface area contributed by atoms with Crippen LogP contribution in [0.2, 0.25) is 0 Å². The lowest BCUT2D eigenvalue weighted by Gasteiger charge is -2.12. The average molecular weight is 298 g/mol. The quantitative estimate of drug-likeness (QED) is 0.657. The number of guanidine groups is 1. The number of rotatable bonds is 5. The second kappa shape index (κ2) is 8.02. The van der Waals surface area contributed by atoms with E-state index in [1.165, 1.54) is 0 Å². The van der Waals surface area contributed by atoms with Crippen LogP contribution in [0.5, 0.6) is 5.75 Å². The largest absolute Gasteiger partial charge is 0.497 e. The predicted molar refractivity (Wildman–Crippen MR) is 89.0 cm³/mol. The molecule has 1 aromatic heterocycles. The Bertz CT molecular complexity index is 623. The number of methoxy groups -OCH3 is 1. The molecule has 2 N–H and O–H groups in total. The lowest BCUT2D eigenvalue weighted by atomic mass is 10.2. The maximum absolute atomic E-state index is 5.15. The minimum atomic E-state index is 0.643. The number of pyridine rings is 1. The van der Waals surface area contributed by atoms with Crippen LogP contribution in [-0.2, 0) is 13.1 Å². The molecule has 0 saturated heterocycles. The molecule has 0 amide bonds. The summed E-state index contributed by atoms with van der Waals surface area (Å²) >= 11 is 0. The van der Waals surface area contributed by atoms with Crippen LogP contribution in [0.15, 0.2) is 47.5 Å². The summed E-state index contributed by atoms with van der Waals surface area (Å²) in [7, 11) is 3.42. The number of hydrogen-bond acceptors (Lipinski definition) is 3. The highest BCUT2D eigenvalue weighted by Gasteiger charge is 2.00. The fourth-order valence-corrected chi connectivity index (χ4v) is 2.02. The molecule has 1 heterocycles. The Kier molecular flexibility index (Phi) is 5.77. The second-order valence-electron chi connectivity index (χ2n) is 4.90. The van der Waals surface area contributed by atoms with Crippen LogP contribution in [0, 0.1) is 6.92 Å². The summed E-state index contributed by atoms with van der Waals surface area (Å²) in [5.74, 6) is 1.61. The monoisotopic (exact) mass is 298 g/mol. The highest BCUT2D eigenvalue weighted by molar-refractivity contribution is 5.79. The first-order valence-corrected chi connectivity index (χ1v) is 7.21. The molecule has 0 fully saturated rings. The van der Waals surface area contributed by atoms with E-state index in [4.69, 9.17) is 4.74 Å². The molecule has 0 saturated carbocycles. The zero-order chi connectivity index (χ0) is 15.8. The van der Waals surface area contributed by atoms with Gasteiger partial charge in [0.15, 0.2) is 5.96 Å². The maximum atomic E-state index is 5.15. The lowest BCUT2D eigenvalue weighted by molar-refractivity contribution is 0.414. The third-order valence-corrected chi connectivity index (χ3v) is 3.23. The van der Waals surface area contributed by atoms with Gasteiger partial charge < -0.3 is 15.4 Å². The third kappa shape index (κ3) is 4.77. The van der Waals surface area contributed by atoms with Crippen LogP contribution in [0.4, 0.5) is 0 Å². The van der Waals surface area contributed by atoms with Gasteiger partial charge >= 0.3 is 0 Å². The van der Waals surface area contributed by atoms with E-state index in [0.29, 0.717) is 13.1 Å². The minimum absolute atomic E-state index is 0.643. The SMILES string of the molecule is CN=C(NCc1ccc(OC)cc1)NCc1cccc(C)n1. The van der Waals surface area contributed by atoms with Gasteiger partial charge in [-0.3, -0.25) is 9.98 Å². The van der Waals surface area contributed by atoms with Crippen LogP contribution >= 0.6 is 0 Å². The van der Waals surface area contributed by atoms with Gasteiger partial charge in [0, 0.05) is 19.3 Å². The topological polar surface area (TPSA) is 58.5 Å². The zero-order valence-electron chi connectivity index (χ0n) is 13.3. The van der Waals surface area contributed by atoms with Crippen molar-refractivity contribution >= 4 is 5.96 Å². The number of benzene rings is 1. The van der Waals surface area contributed by atoms with Crippen LogP contribution in [-0.4, -0.2) is 25.1 Å². The van der Waals surface area contributed by atoms with E-state index in [1.807, 2.05) is 49.4 Å². The number of ether oxygens (including phenoxy) is 1. The first-order chi connectivity index (χ1) is 10.7. The van der Waals surface area contributed by atoms with E-state index in [-0.39, 0.29) is 0 Å².